The van der Waals surface area contributed by atoms with Gasteiger partial charge >= 0.3 is 0 Å². The highest BCUT2D eigenvalue weighted by molar-refractivity contribution is 5.79. The van der Waals surface area contributed by atoms with Crippen molar-refractivity contribution in [3.63, 3.8) is 0 Å². The van der Waals surface area contributed by atoms with Crippen LogP contribution in [0.25, 0.3) is 10.9 Å². The average Bonchev–Trinajstić information content (AvgIpc) is 2.72. The van der Waals surface area contributed by atoms with Gasteiger partial charge in [-0.1, -0.05) is 18.2 Å². The average molecular weight is 357 g/mol. The lowest BCUT2D eigenvalue weighted by Crippen LogP contribution is -2.38. The maximum Gasteiger partial charge on any atom is 0.127 e. The third-order valence-corrected chi connectivity index (χ3v) is 5.30. The van der Waals surface area contributed by atoms with E-state index in [0.717, 1.165) is 41.6 Å². The molecule has 27 heavy (non-hydrogen) atoms. The number of pyridine rings is 1. The zero-order valence-electron chi connectivity index (χ0n) is 15.4. The van der Waals surface area contributed by atoms with Crippen molar-refractivity contribution < 1.29 is 4.74 Å². The molecule has 1 saturated heterocycles. The molecule has 1 aliphatic heterocycles. The van der Waals surface area contributed by atoms with E-state index in [4.69, 9.17) is 10.00 Å². The standard InChI is InChI=1S/C23H23N3O/c1-16-13-20(10-12-25-16)23(19-6-4-17(15-24)5-7-19)27-21-9-8-18-3-2-11-26-22(18)14-21/h2-9,11,14,16,20,23,25H,10,12-13H2,1H3. The number of rotatable bonds is 4. The van der Waals surface area contributed by atoms with E-state index in [1.165, 1.54) is 0 Å². The molecule has 0 radical (unpaired) electrons. The minimum absolute atomic E-state index is 0.0385. The lowest BCUT2D eigenvalue weighted by molar-refractivity contribution is 0.102. The van der Waals surface area contributed by atoms with Crippen LogP contribution in [0.2, 0.25) is 0 Å². The molecule has 2 aromatic carbocycles. The third-order valence-electron chi connectivity index (χ3n) is 5.30. The van der Waals surface area contributed by atoms with Gasteiger partial charge in [0.15, 0.2) is 0 Å². The van der Waals surface area contributed by atoms with Crippen molar-refractivity contribution in [1.29, 1.82) is 5.26 Å². The quantitative estimate of drug-likeness (QED) is 0.740. The molecule has 3 atom stereocenters. The number of nitrogens with one attached hydrogen (secondary N) is 1. The molecule has 1 N–H and O–H groups in total. The highest BCUT2D eigenvalue weighted by Gasteiger charge is 2.29. The van der Waals surface area contributed by atoms with Gasteiger partial charge in [0, 0.05) is 29.6 Å². The van der Waals surface area contributed by atoms with Crippen molar-refractivity contribution in [2.24, 2.45) is 5.92 Å². The van der Waals surface area contributed by atoms with Crippen molar-refractivity contribution in [1.82, 2.24) is 10.3 Å². The molecule has 1 aliphatic rings. The topological polar surface area (TPSA) is 57.9 Å². The second-order valence-corrected chi connectivity index (χ2v) is 7.27. The molecule has 4 rings (SSSR count). The molecule has 3 aromatic rings. The van der Waals surface area contributed by atoms with Crippen molar-refractivity contribution in [3.8, 4) is 11.8 Å². The fraction of sp³-hybridized carbons (Fsp3) is 0.304. The summed E-state index contributed by atoms with van der Waals surface area (Å²) in [5.41, 5.74) is 2.73. The first-order valence-electron chi connectivity index (χ1n) is 9.48. The number of benzene rings is 2. The number of nitrogens with zero attached hydrogens (tertiary/aromatic N) is 2. The van der Waals surface area contributed by atoms with Gasteiger partial charge in [-0.2, -0.15) is 5.26 Å². The van der Waals surface area contributed by atoms with Crippen LogP contribution in [-0.4, -0.2) is 17.6 Å². The van der Waals surface area contributed by atoms with E-state index in [0.29, 0.717) is 17.5 Å². The van der Waals surface area contributed by atoms with Crippen molar-refractivity contribution >= 4 is 10.9 Å². The number of hydrogen-bond donors (Lipinski definition) is 1. The van der Waals surface area contributed by atoms with Crippen LogP contribution in [0.15, 0.2) is 60.8 Å². The molecule has 0 saturated carbocycles. The van der Waals surface area contributed by atoms with Gasteiger partial charge in [-0.3, -0.25) is 4.98 Å². The summed E-state index contributed by atoms with van der Waals surface area (Å²) >= 11 is 0. The SMILES string of the molecule is CC1CC(C(Oc2ccc3cccnc3c2)c2ccc(C#N)cc2)CCN1. The first kappa shape index (κ1) is 17.5. The molecule has 0 aliphatic carbocycles. The minimum Gasteiger partial charge on any atom is -0.485 e. The number of ether oxygens (including phenoxy) is 1. The van der Waals surface area contributed by atoms with E-state index in [1.54, 1.807) is 6.20 Å². The zero-order chi connectivity index (χ0) is 18.6. The molecule has 0 amide bonds. The van der Waals surface area contributed by atoms with E-state index >= 15 is 0 Å². The van der Waals surface area contributed by atoms with Crippen LogP contribution in [0.4, 0.5) is 0 Å². The highest BCUT2D eigenvalue weighted by Crippen LogP contribution is 2.35. The molecule has 2 heterocycles. The van der Waals surface area contributed by atoms with Gasteiger partial charge in [-0.25, -0.2) is 0 Å². The Kier molecular flexibility index (Phi) is 5.04. The van der Waals surface area contributed by atoms with Crippen LogP contribution in [-0.2, 0) is 0 Å². The first-order chi connectivity index (χ1) is 13.2. The Morgan fingerprint density at radius 3 is 2.81 bits per heavy atom. The summed E-state index contributed by atoms with van der Waals surface area (Å²) < 4.78 is 6.52. The number of aromatic nitrogens is 1. The molecule has 0 spiro atoms. The maximum atomic E-state index is 9.09. The van der Waals surface area contributed by atoms with Gasteiger partial charge in [0.25, 0.3) is 0 Å². The second kappa shape index (κ2) is 7.77. The summed E-state index contributed by atoms with van der Waals surface area (Å²) in [6.45, 7) is 3.23. The molecule has 0 bridgehead atoms. The van der Waals surface area contributed by atoms with Crippen LogP contribution in [0, 0.1) is 17.2 Å². The predicted molar refractivity (Wildman–Crippen MR) is 106 cm³/mol. The van der Waals surface area contributed by atoms with Gasteiger partial charge in [0.1, 0.15) is 11.9 Å². The van der Waals surface area contributed by atoms with E-state index in [2.05, 4.69) is 35.4 Å². The molecule has 3 unspecified atom stereocenters. The van der Waals surface area contributed by atoms with Gasteiger partial charge in [-0.15, -0.1) is 0 Å². The van der Waals surface area contributed by atoms with E-state index in [1.807, 2.05) is 42.5 Å². The van der Waals surface area contributed by atoms with Crippen molar-refractivity contribution in [2.45, 2.75) is 31.9 Å². The smallest absolute Gasteiger partial charge is 0.127 e. The Morgan fingerprint density at radius 2 is 2.04 bits per heavy atom. The zero-order valence-corrected chi connectivity index (χ0v) is 15.4. The summed E-state index contributed by atoms with van der Waals surface area (Å²) in [7, 11) is 0. The normalized spacial score (nSPS) is 20.7. The summed E-state index contributed by atoms with van der Waals surface area (Å²) in [5.74, 6) is 1.26. The molecule has 4 nitrogen and oxygen atoms in total. The summed E-state index contributed by atoms with van der Waals surface area (Å²) in [6, 6.07) is 20.5. The Bertz CT molecular complexity index is 961. The highest BCUT2D eigenvalue weighted by atomic mass is 16.5. The maximum absolute atomic E-state index is 9.09. The van der Waals surface area contributed by atoms with Crippen LogP contribution in [0.3, 0.4) is 0 Å². The molecule has 4 heteroatoms. The largest absolute Gasteiger partial charge is 0.485 e. The monoisotopic (exact) mass is 357 g/mol. The third kappa shape index (κ3) is 3.94. The minimum atomic E-state index is -0.0385. The van der Waals surface area contributed by atoms with Crippen LogP contribution in [0.1, 0.15) is 37.0 Å². The Morgan fingerprint density at radius 1 is 1.19 bits per heavy atom. The van der Waals surface area contributed by atoms with Crippen molar-refractivity contribution in [2.75, 3.05) is 6.54 Å². The Hall–Kier alpha value is -2.90. The van der Waals surface area contributed by atoms with Gasteiger partial charge in [-0.05, 0) is 62.2 Å². The molecule has 1 aromatic heterocycles. The second-order valence-electron chi connectivity index (χ2n) is 7.27. The molecule has 1 fully saturated rings. The predicted octanol–water partition coefficient (Wildman–Crippen LogP) is 4.61. The fourth-order valence-electron chi connectivity index (χ4n) is 3.90. The summed E-state index contributed by atoms with van der Waals surface area (Å²) in [4.78, 5) is 4.44. The lowest BCUT2D eigenvalue weighted by Gasteiger charge is -2.34. The van der Waals surface area contributed by atoms with Crippen LogP contribution in [0.5, 0.6) is 5.75 Å². The molecular formula is C23H23N3O. The van der Waals surface area contributed by atoms with E-state index in [9.17, 15) is 0 Å². The number of piperidine rings is 1. The Labute approximate surface area is 159 Å². The summed E-state index contributed by atoms with van der Waals surface area (Å²) in [6.07, 6.45) is 3.90. The van der Waals surface area contributed by atoms with Crippen LogP contribution < -0.4 is 10.1 Å². The Balaban J connectivity index is 1.66. The number of hydrogen-bond acceptors (Lipinski definition) is 4. The van der Waals surface area contributed by atoms with Crippen LogP contribution >= 0.6 is 0 Å². The van der Waals surface area contributed by atoms with Gasteiger partial charge < -0.3 is 10.1 Å². The summed E-state index contributed by atoms with van der Waals surface area (Å²) in [5, 5.41) is 13.7. The van der Waals surface area contributed by atoms with E-state index in [-0.39, 0.29) is 6.10 Å². The fourth-order valence-corrected chi connectivity index (χ4v) is 3.90. The van der Waals surface area contributed by atoms with Gasteiger partial charge in [0.2, 0.25) is 0 Å². The lowest BCUT2D eigenvalue weighted by atomic mass is 9.85. The number of nitriles is 1. The first-order valence-corrected chi connectivity index (χ1v) is 9.48. The van der Waals surface area contributed by atoms with Gasteiger partial charge in [0.05, 0.1) is 17.1 Å². The van der Waals surface area contributed by atoms with Crippen molar-refractivity contribution in [3.05, 3.63) is 71.9 Å². The number of fused-ring (bicyclic) bond motifs is 1. The molecule has 136 valence electrons. The molecular weight excluding hydrogens is 334 g/mol. The van der Waals surface area contributed by atoms with E-state index < -0.39 is 0 Å².